The summed E-state index contributed by atoms with van der Waals surface area (Å²) in [5.74, 6) is -0.458. The van der Waals surface area contributed by atoms with Crippen LogP contribution in [0.25, 0.3) is 22.4 Å². The highest BCUT2D eigenvalue weighted by molar-refractivity contribution is 6.33. The van der Waals surface area contributed by atoms with E-state index in [1.807, 2.05) is 0 Å². The van der Waals surface area contributed by atoms with E-state index in [1.165, 1.54) is 12.1 Å². The van der Waals surface area contributed by atoms with Gasteiger partial charge < -0.3 is 10.3 Å². The van der Waals surface area contributed by atoms with Crippen molar-refractivity contribution in [2.45, 2.75) is 0 Å². The van der Waals surface area contributed by atoms with E-state index in [4.69, 9.17) is 23.2 Å². The van der Waals surface area contributed by atoms with Crippen LogP contribution in [0.2, 0.25) is 10.0 Å². The maximum atomic E-state index is 14.1. The smallest absolute Gasteiger partial charge is 0.255 e. The molecule has 0 bridgehead atoms. The van der Waals surface area contributed by atoms with Crippen molar-refractivity contribution in [2.24, 2.45) is 0 Å². The van der Waals surface area contributed by atoms with E-state index in [9.17, 15) is 9.18 Å². The highest BCUT2D eigenvalue weighted by Crippen LogP contribution is 2.30. The Kier molecular flexibility index (Phi) is 4.56. The Balaban J connectivity index is 1.68. The van der Waals surface area contributed by atoms with Gasteiger partial charge in [0.05, 0.1) is 21.6 Å². The Labute approximate surface area is 164 Å². The number of hydrogen-bond donors (Lipinski definition) is 2. The first-order valence-electron chi connectivity index (χ1n) is 8.02. The molecule has 0 saturated carbocycles. The third-order valence-electron chi connectivity index (χ3n) is 4.03. The fraction of sp³-hybridized carbons (Fsp3) is 0. The number of carbonyl (C=O) groups is 1. The third kappa shape index (κ3) is 3.52. The topological polar surface area (TPSA) is 57.8 Å². The lowest BCUT2D eigenvalue weighted by Gasteiger charge is -2.05. The number of halogens is 3. The maximum absolute atomic E-state index is 14.1. The first-order valence-corrected chi connectivity index (χ1v) is 8.78. The van der Waals surface area contributed by atoms with Gasteiger partial charge in [-0.25, -0.2) is 9.37 Å². The first kappa shape index (κ1) is 17.5. The van der Waals surface area contributed by atoms with E-state index in [0.29, 0.717) is 33.1 Å². The molecule has 27 heavy (non-hydrogen) atoms. The summed E-state index contributed by atoms with van der Waals surface area (Å²) in [7, 11) is 0. The number of hydrogen-bond acceptors (Lipinski definition) is 2. The van der Waals surface area contributed by atoms with Crippen LogP contribution in [0.4, 0.5) is 10.1 Å². The number of rotatable bonds is 3. The molecule has 0 fully saturated rings. The molecule has 3 aromatic carbocycles. The lowest BCUT2D eigenvalue weighted by atomic mass is 10.2. The molecule has 7 heteroatoms. The number of nitrogens with zero attached hydrogens (tertiary/aromatic N) is 1. The summed E-state index contributed by atoms with van der Waals surface area (Å²) in [6.07, 6.45) is 0. The van der Waals surface area contributed by atoms with Gasteiger partial charge in [0.25, 0.3) is 5.91 Å². The summed E-state index contributed by atoms with van der Waals surface area (Å²) in [4.78, 5) is 19.9. The Morgan fingerprint density at radius 3 is 2.63 bits per heavy atom. The van der Waals surface area contributed by atoms with Gasteiger partial charge in [0.2, 0.25) is 0 Å². The molecule has 0 aliphatic carbocycles. The predicted molar refractivity (Wildman–Crippen MR) is 106 cm³/mol. The number of benzene rings is 3. The second kappa shape index (κ2) is 7.02. The van der Waals surface area contributed by atoms with Crippen molar-refractivity contribution >= 4 is 45.8 Å². The van der Waals surface area contributed by atoms with Gasteiger partial charge in [-0.15, -0.1) is 0 Å². The molecule has 0 aliphatic heterocycles. The minimum atomic E-state index is -0.472. The van der Waals surface area contributed by atoms with Crippen LogP contribution >= 0.6 is 23.2 Å². The molecule has 1 amide bonds. The molecule has 1 aromatic heterocycles. The van der Waals surface area contributed by atoms with Crippen molar-refractivity contribution in [1.82, 2.24) is 9.97 Å². The molecule has 2 N–H and O–H groups in total. The molecule has 4 rings (SSSR count). The van der Waals surface area contributed by atoms with Gasteiger partial charge in [-0.3, -0.25) is 4.79 Å². The highest BCUT2D eigenvalue weighted by atomic mass is 35.5. The summed E-state index contributed by atoms with van der Waals surface area (Å²) in [5, 5.41) is 3.57. The van der Waals surface area contributed by atoms with E-state index in [2.05, 4.69) is 15.3 Å². The molecule has 0 saturated heterocycles. The Morgan fingerprint density at radius 2 is 1.85 bits per heavy atom. The van der Waals surface area contributed by atoms with Crippen LogP contribution in [0.5, 0.6) is 0 Å². The molecular formula is C20H12Cl2FN3O. The van der Waals surface area contributed by atoms with E-state index in [-0.39, 0.29) is 16.5 Å². The van der Waals surface area contributed by atoms with Crippen LogP contribution in [0, 0.1) is 5.82 Å². The number of fused-ring (bicyclic) bond motifs is 1. The quantitative estimate of drug-likeness (QED) is 0.448. The Bertz CT molecular complexity index is 1150. The second-order valence-corrected chi connectivity index (χ2v) is 6.72. The number of nitrogens with one attached hydrogen (secondary N) is 2. The monoisotopic (exact) mass is 399 g/mol. The molecular weight excluding hydrogens is 388 g/mol. The summed E-state index contributed by atoms with van der Waals surface area (Å²) in [6.45, 7) is 0. The van der Waals surface area contributed by atoms with E-state index >= 15 is 0 Å². The Hall–Kier alpha value is -2.89. The normalized spacial score (nSPS) is 10.9. The van der Waals surface area contributed by atoms with Crippen LogP contribution in [0.15, 0.2) is 60.7 Å². The van der Waals surface area contributed by atoms with Crippen molar-refractivity contribution in [3.05, 3.63) is 82.1 Å². The number of anilines is 1. The number of imidazole rings is 1. The summed E-state index contributed by atoms with van der Waals surface area (Å²) < 4.78 is 14.1. The SMILES string of the molecule is O=C(Nc1cccc(Cl)c1)c1ccc2nc(-c3c(F)cccc3Cl)[nH]c2c1. The van der Waals surface area contributed by atoms with Gasteiger partial charge in [-0.05, 0) is 48.5 Å². The van der Waals surface area contributed by atoms with E-state index < -0.39 is 5.82 Å². The van der Waals surface area contributed by atoms with Gasteiger partial charge >= 0.3 is 0 Å². The van der Waals surface area contributed by atoms with Gasteiger partial charge in [-0.2, -0.15) is 0 Å². The minimum Gasteiger partial charge on any atom is -0.338 e. The summed E-state index contributed by atoms with van der Waals surface area (Å²) in [6, 6.07) is 16.3. The molecule has 1 heterocycles. The van der Waals surface area contributed by atoms with Crippen LogP contribution in [-0.4, -0.2) is 15.9 Å². The first-order chi connectivity index (χ1) is 13.0. The predicted octanol–water partition coefficient (Wildman–Crippen LogP) is 5.93. The van der Waals surface area contributed by atoms with Crippen LogP contribution in [0.1, 0.15) is 10.4 Å². The number of aromatic amines is 1. The van der Waals surface area contributed by atoms with E-state index in [0.717, 1.165) is 0 Å². The lowest BCUT2D eigenvalue weighted by Crippen LogP contribution is -2.11. The van der Waals surface area contributed by atoms with Crippen molar-refractivity contribution in [2.75, 3.05) is 5.32 Å². The molecule has 134 valence electrons. The summed E-state index contributed by atoms with van der Waals surface area (Å²) in [5.41, 5.74) is 2.42. The van der Waals surface area contributed by atoms with Crippen molar-refractivity contribution in [3.8, 4) is 11.4 Å². The van der Waals surface area contributed by atoms with Crippen molar-refractivity contribution in [1.29, 1.82) is 0 Å². The molecule has 4 aromatic rings. The average molecular weight is 400 g/mol. The van der Waals surface area contributed by atoms with Crippen LogP contribution < -0.4 is 5.32 Å². The standard InChI is InChI=1S/C20H12Cl2FN3O/c21-12-3-1-4-13(10-12)24-20(27)11-7-8-16-17(9-11)26-19(25-16)18-14(22)5-2-6-15(18)23/h1-10H,(H,24,27)(H,25,26). The fourth-order valence-electron chi connectivity index (χ4n) is 2.76. The van der Waals surface area contributed by atoms with Crippen LogP contribution in [-0.2, 0) is 0 Å². The average Bonchev–Trinajstić information content (AvgIpc) is 3.04. The number of amides is 1. The molecule has 4 nitrogen and oxygen atoms in total. The minimum absolute atomic E-state index is 0.195. The zero-order valence-corrected chi connectivity index (χ0v) is 15.3. The Morgan fingerprint density at radius 1 is 1.04 bits per heavy atom. The largest absolute Gasteiger partial charge is 0.338 e. The molecule has 0 unspecified atom stereocenters. The van der Waals surface area contributed by atoms with Gasteiger partial charge in [0.15, 0.2) is 0 Å². The highest BCUT2D eigenvalue weighted by Gasteiger charge is 2.15. The van der Waals surface area contributed by atoms with Gasteiger partial charge in [0.1, 0.15) is 11.6 Å². The molecule has 0 radical (unpaired) electrons. The summed E-state index contributed by atoms with van der Waals surface area (Å²) >= 11 is 12.0. The molecule has 0 spiro atoms. The van der Waals surface area contributed by atoms with Gasteiger partial charge in [-0.1, -0.05) is 35.3 Å². The number of H-pyrrole nitrogens is 1. The lowest BCUT2D eigenvalue weighted by molar-refractivity contribution is 0.102. The fourth-order valence-corrected chi connectivity index (χ4v) is 3.21. The maximum Gasteiger partial charge on any atom is 0.255 e. The third-order valence-corrected chi connectivity index (χ3v) is 4.58. The number of carbonyl (C=O) groups excluding carboxylic acids is 1. The van der Waals surface area contributed by atoms with E-state index in [1.54, 1.807) is 48.5 Å². The molecule has 0 atom stereocenters. The second-order valence-electron chi connectivity index (χ2n) is 5.88. The van der Waals surface area contributed by atoms with Crippen molar-refractivity contribution in [3.63, 3.8) is 0 Å². The zero-order chi connectivity index (χ0) is 19.0. The van der Waals surface area contributed by atoms with Crippen LogP contribution in [0.3, 0.4) is 0 Å². The zero-order valence-electron chi connectivity index (χ0n) is 13.8. The number of aromatic nitrogens is 2. The van der Waals surface area contributed by atoms with Crippen molar-refractivity contribution < 1.29 is 9.18 Å². The van der Waals surface area contributed by atoms with Gasteiger partial charge in [0, 0.05) is 16.3 Å². The molecule has 0 aliphatic rings.